The van der Waals surface area contributed by atoms with E-state index < -0.39 is 11.5 Å². The van der Waals surface area contributed by atoms with Crippen LogP contribution < -0.4 is 16.2 Å². The van der Waals surface area contributed by atoms with Crippen LogP contribution >= 0.6 is 0 Å². The third kappa shape index (κ3) is 3.77. The van der Waals surface area contributed by atoms with Gasteiger partial charge in [0.15, 0.2) is 0 Å². The number of hydrogen-bond acceptors (Lipinski definition) is 4. The Bertz CT molecular complexity index is 1030. The van der Waals surface area contributed by atoms with Gasteiger partial charge in [-0.05, 0) is 12.1 Å². The number of hydrogen-bond donors (Lipinski definition) is 1. The van der Waals surface area contributed by atoms with Crippen molar-refractivity contribution in [3.05, 3.63) is 82.8 Å². The van der Waals surface area contributed by atoms with Crippen molar-refractivity contribution in [1.29, 1.82) is 0 Å². The minimum atomic E-state index is -0.885. The van der Waals surface area contributed by atoms with Gasteiger partial charge in [-0.2, -0.15) is 0 Å². The lowest BCUT2D eigenvalue weighted by atomic mass is 10.2. The Kier molecular flexibility index (Phi) is 5.12. The van der Waals surface area contributed by atoms with Gasteiger partial charge < -0.3 is 10.6 Å². The molecule has 1 heterocycles. The molecule has 0 fully saturated rings. The topological polar surface area (TPSA) is 98.3 Å². The Morgan fingerprint density at radius 2 is 1.63 bits per heavy atom. The molecule has 3 rings (SSSR count). The molecule has 2 aromatic carbocycles. The van der Waals surface area contributed by atoms with E-state index in [2.05, 4.69) is 4.98 Å². The molecule has 7 nitrogen and oxygen atoms in total. The summed E-state index contributed by atoms with van der Waals surface area (Å²) in [4.78, 5) is 42.7. The molecule has 0 bridgehead atoms. The van der Waals surface area contributed by atoms with E-state index in [-0.39, 0.29) is 18.0 Å². The van der Waals surface area contributed by atoms with Gasteiger partial charge in [0.2, 0.25) is 5.91 Å². The Morgan fingerprint density at radius 3 is 2.22 bits per heavy atom. The smallest absolute Gasteiger partial charge is 0.267 e. The summed E-state index contributed by atoms with van der Waals surface area (Å²) >= 11 is 0. The van der Waals surface area contributed by atoms with Gasteiger partial charge in [0.05, 0.1) is 0 Å². The fourth-order valence-corrected chi connectivity index (χ4v) is 2.66. The first-order chi connectivity index (χ1) is 13.0. The predicted molar refractivity (Wildman–Crippen MR) is 102 cm³/mol. The lowest BCUT2D eigenvalue weighted by molar-refractivity contribution is -0.118. The van der Waals surface area contributed by atoms with Crippen LogP contribution in [0.15, 0.2) is 71.7 Å². The molecule has 0 atom stereocenters. The van der Waals surface area contributed by atoms with Crippen molar-refractivity contribution >= 4 is 17.5 Å². The molecule has 0 unspecified atom stereocenters. The van der Waals surface area contributed by atoms with Crippen molar-refractivity contribution in [2.24, 2.45) is 5.73 Å². The normalized spacial score (nSPS) is 10.4. The monoisotopic (exact) mass is 362 g/mol. The summed E-state index contributed by atoms with van der Waals surface area (Å²) in [5.74, 6) is -0.922. The summed E-state index contributed by atoms with van der Waals surface area (Å²) in [5.41, 5.74) is 5.70. The third-order valence-electron chi connectivity index (χ3n) is 4.16. The van der Waals surface area contributed by atoms with Gasteiger partial charge in [0.1, 0.15) is 17.9 Å². The predicted octanol–water partition coefficient (Wildman–Crippen LogP) is 1.67. The highest BCUT2D eigenvalue weighted by atomic mass is 16.2. The summed E-state index contributed by atoms with van der Waals surface area (Å²) in [7, 11) is 1.62. The number of benzene rings is 2. The molecule has 0 radical (unpaired) electrons. The SMILES string of the molecule is CN(C(=O)Cn1c(-c2ccccc2)ncc(C(N)=O)c1=O)c1ccccc1. The maximum atomic E-state index is 12.8. The Hall–Kier alpha value is -3.74. The molecule has 2 amide bonds. The first-order valence-electron chi connectivity index (χ1n) is 8.25. The minimum absolute atomic E-state index is 0.259. The van der Waals surface area contributed by atoms with Crippen molar-refractivity contribution in [2.75, 3.05) is 11.9 Å². The quantitative estimate of drug-likeness (QED) is 0.746. The first kappa shape index (κ1) is 18.1. The highest BCUT2D eigenvalue weighted by Crippen LogP contribution is 2.17. The van der Waals surface area contributed by atoms with Gasteiger partial charge in [-0.1, -0.05) is 48.5 Å². The van der Waals surface area contributed by atoms with Gasteiger partial charge in [-0.15, -0.1) is 0 Å². The number of nitrogens with zero attached hydrogens (tertiary/aromatic N) is 3. The number of carbonyl (C=O) groups is 2. The Morgan fingerprint density at radius 1 is 1.04 bits per heavy atom. The number of carbonyl (C=O) groups excluding carboxylic acids is 2. The molecule has 0 aliphatic heterocycles. The van der Waals surface area contributed by atoms with Gasteiger partial charge in [0, 0.05) is 24.5 Å². The second kappa shape index (κ2) is 7.65. The van der Waals surface area contributed by atoms with Crippen LogP contribution in [0.4, 0.5) is 5.69 Å². The van der Waals surface area contributed by atoms with E-state index in [1.54, 1.807) is 43.4 Å². The van der Waals surface area contributed by atoms with Crippen molar-refractivity contribution < 1.29 is 9.59 Å². The molecule has 0 aliphatic carbocycles. The van der Waals surface area contributed by atoms with Crippen LogP contribution in [0, 0.1) is 0 Å². The fourth-order valence-electron chi connectivity index (χ4n) is 2.66. The fraction of sp³-hybridized carbons (Fsp3) is 0.100. The van der Waals surface area contributed by atoms with Crippen LogP contribution in [0.25, 0.3) is 11.4 Å². The van der Waals surface area contributed by atoms with E-state index in [1.165, 1.54) is 9.47 Å². The lowest BCUT2D eigenvalue weighted by Crippen LogP contribution is -2.37. The number of primary amides is 1. The zero-order valence-electron chi connectivity index (χ0n) is 14.7. The number of nitrogens with two attached hydrogens (primary N) is 1. The molecular formula is C20H18N4O3. The van der Waals surface area contributed by atoms with Crippen molar-refractivity contribution in [1.82, 2.24) is 9.55 Å². The molecule has 0 aliphatic rings. The maximum absolute atomic E-state index is 12.8. The Labute approximate surface area is 155 Å². The largest absolute Gasteiger partial charge is 0.365 e. The highest BCUT2D eigenvalue weighted by molar-refractivity contribution is 5.94. The number of anilines is 1. The number of rotatable bonds is 5. The molecular weight excluding hydrogens is 344 g/mol. The van der Waals surface area contributed by atoms with Gasteiger partial charge in [-0.3, -0.25) is 19.0 Å². The first-order valence-corrected chi connectivity index (χ1v) is 8.25. The van der Waals surface area contributed by atoms with E-state index >= 15 is 0 Å². The van der Waals surface area contributed by atoms with E-state index in [0.29, 0.717) is 17.1 Å². The molecule has 3 aromatic rings. The molecule has 136 valence electrons. The van der Waals surface area contributed by atoms with Crippen LogP contribution in [0.3, 0.4) is 0 Å². The zero-order chi connectivity index (χ0) is 19.4. The second-order valence-electron chi connectivity index (χ2n) is 5.91. The molecule has 0 saturated heterocycles. The summed E-state index contributed by atoms with van der Waals surface area (Å²) < 4.78 is 1.18. The number of likely N-dealkylation sites (N-methyl/N-ethyl adjacent to an activating group) is 1. The number of aromatic nitrogens is 2. The lowest BCUT2D eigenvalue weighted by Gasteiger charge is -2.19. The average molecular weight is 362 g/mol. The summed E-state index contributed by atoms with van der Waals surface area (Å²) in [6.07, 6.45) is 1.15. The van der Waals surface area contributed by atoms with Crippen LogP contribution in [0.1, 0.15) is 10.4 Å². The van der Waals surface area contributed by atoms with Crippen LogP contribution in [-0.4, -0.2) is 28.4 Å². The van der Waals surface area contributed by atoms with Crippen LogP contribution in [0.5, 0.6) is 0 Å². The van der Waals surface area contributed by atoms with Crippen molar-refractivity contribution in [2.45, 2.75) is 6.54 Å². The minimum Gasteiger partial charge on any atom is -0.365 e. The van der Waals surface area contributed by atoms with Crippen molar-refractivity contribution in [3.8, 4) is 11.4 Å². The molecule has 7 heteroatoms. The van der Waals surface area contributed by atoms with Gasteiger partial charge in [-0.25, -0.2) is 4.98 Å². The molecule has 0 saturated carbocycles. The molecule has 1 aromatic heterocycles. The Balaban J connectivity index is 2.04. The van der Waals surface area contributed by atoms with E-state index in [9.17, 15) is 14.4 Å². The summed E-state index contributed by atoms with van der Waals surface area (Å²) in [5, 5.41) is 0. The molecule has 0 spiro atoms. The van der Waals surface area contributed by atoms with E-state index in [4.69, 9.17) is 5.73 Å². The van der Waals surface area contributed by atoms with Crippen molar-refractivity contribution in [3.63, 3.8) is 0 Å². The van der Waals surface area contributed by atoms with E-state index in [0.717, 1.165) is 6.20 Å². The van der Waals surface area contributed by atoms with Crippen LogP contribution in [0.2, 0.25) is 0 Å². The summed E-state index contributed by atoms with van der Waals surface area (Å²) in [6.45, 7) is -0.275. The second-order valence-corrected chi connectivity index (χ2v) is 5.91. The maximum Gasteiger partial charge on any atom is 0.267 e. The molecule has 2 N–H and O–H groups in total. The van der Waals surface area contributed by atoms with E-state index in [1.807, 2.05) is 24.3 Å². The zero-order valence-corrected chi connectivity index (χ0v) is 14.7. The van der Waals surface area contributed by atoms with Gasteiger partial charge in [0.25, 0.3) is 11.5 Å². The highest BCUT2D eigenvalue weighted by Gasteiger charge is 2.19. The van der Waals surface area contributed by atoms with Gasteiger partial charge >= 0.3 is 0 Å². The third-order valence-corrected chi connectivity index (χ3v) is 4.16. The number of amides is 2. The number of para-hydroxylation sites is 1. The standard InChI is InChI=1S/C20H18N4O3/c1-23(15-10-6-3-7-11-15)17(25)13-24-19(14-8-4-2-5-9-14)22-12-16(18(21)26)20(24)27/h2-12H,13H2,1H3,(H2,21,26). The van der Waals surface area contributed by atoms with Crippen LogP contribution in [-0.2, 0) is 11.3 Å². The average Bonchev–Trinajstić information content (AvgIpc) is 2.69. The summed E-state index contributed by atoms with van der Waals surface area (Å²) in [6, 6.07) is 18.0. The molecule has 27 heavy (non-hydrogen) atoms.